The quantitative estimate of drug-likeness (QED) is 0.0526. The minimum absolute atomic E-state index is 0.00695. The average Bonchev–Trinajstić information content (AvgIpc) is 3.14. The van der Waals surface area contributed by atoms with E-state index in [4.69, 9.17) is 36.6 Å². The Hall–Kier alpha value is -5.43. The van der Waals surface area contributed by atoms with Gasteiger partial charge in [0.1, 0.15) is 36.2 Å². The molecule has 10 nitrogen and oxygen atoms in total. The van der Waals surface area contributed by atoms with Crippen LogP contribution in [0.1, 0.15) is 150 Å². The summed E-state index contributed by atoms with van der Waals surface area (Å²) in [6.07, 6.45) is -3.37. The molecule has 1 aliphatic rings. The molecule has 0 saturated heterocycles. The number of nitrogens with two attached hydrogens (primary N) is 3. The van der Waals surface area contributed by atoms with Gasteiger partial charge < -0.3 is 42.0 Å². The zero-order valence-electron chi connectivity index (χ0n) is 39.7. The lowest BCUT2D eigenvalue weighted by atomic mass is 9.79. The number of benzene rings is 4. The first-order valence-corrected chi connectivity index (χ1v) is 21.7. The van der Waals surface area contributed by atoms with Crippen LogP contribution >= 0.6 is 0 Å². The summed E-state index contributed by atoms with van der Waals surface area (Å²) in [6, 6.07) is 17.4. The lowest BCUT2D eigenvalue weighted by Crippen LogP contribution is -2.23. The highest BCUT2D eigenvalue weighted by Crippen LogP contribution is 2.43. The molecule has 9 N–H and O–H groups in total. The molecular formula is C51H69F3N4O6. The number of rotatable bonds is 7. The van der Waals surface area contributed by atoms with Crippen LogP contribution in [0.3, 0.4) is 0 Å². The molecule has 0 fully saturated rings. The van der Waals surface area contributed by atoms with E-state index < -0.39 is 12.1 Å². The number of fused-ring (bicyclic) bond motifs is 8. The van der Waals surface area contributed by atoms with Crippen molar-refractivity contribution in [3.8, 4) is 23.0 Å². The molecule has 8 bridgehead atoms. The largest absolute Gasteiger partial charge is 0.507 e. The molecule has 0 aliphatic heterocycles. The average molecular weight is 891 g/mol. The van der Waals surface area contributed by atoms with E-state index in [1.54, 1.807) is 0 Å². The smallest absolute Gasteiger partial charge is 0.490 e. The molecule has 0 unspecified atom stereocenters. The Morgan fingerprint density at radius 1 is 0.547 bits per heavy atom. The van der Waals surface area contributed by atoms with Gasteiger partial charge in [-0.2, -0.15) is 13.2 Å². The van der Waals surface area contributed by atoms with E-state index in [2.05, 4.69) is 137 Å². The van der Waals surface area contributed by atoms with E-state index in [0.717, 1.165) is 72.5 Å². The van der Waals surface area contributed by atoms with Gasteiger partial charge in [0.15, 0.2) is 5.96 Å². The van der Waals surface area contributed by atoms with Gasteiger partial charge in [0, 0.05) is 32.2 Å². The number of alkyl halides is 3. The molecule has 13 heteroatoms. The number of phenols is 2. The molecule has 0 atom stereocenters. The Morgan fingerprint density at radius 2 is 0.797 bits per heavy atom. The van der Waals surface area contributed by atoms with Crippen LogP contribution in [-0.4, -0.2) is 59.7 Å². The van der Waals surface area contributed by atoms with E-state index in [9.17, 15) is 23.4 Å². The number of ether oxygens (including phenoxy) is 2. The summed E-state index contributed by atoms with van der Waals surface area (Å²) in [5, 5.41) is 31.9. The number of carbonyl (C=O) groups is 1. The van der Waals surface area contributed by atoms with Gasteiger partial charge in [0.25, 0.3) is 0 Å². The number of guanidine groups is 1. The second-order valence-corrected chi connectivity index (χ2v) is 20.8. The number of hydrogen-bond donors (Lipinski definition) is 6. The predicted molar refractivity (Wildman–Crippen MR) is 250 cm³/mol. The number of hydrogen-bond acceptors (Lipinski definition) is 7. The number of halogens is 3. The molecule has 4 aromatic carbocycles. The van der Waals surface area contributed by atoms with Gasteiger partial charge in [-0.3, -0.25) is 4.99 Å². The van der Waals surface area contributed by atoms with Crippen molar-refractivity contribution in [2.75, 3.05) is 26.3 Å². The highest BCUT2D eigenvalue weighted by Gasteiger charge is 2.38. The Balaban J connectivity index is 0.00000118. The number of carboxylic acid groups (broad SMARTS) is 1. The van der Waals surface area contributed by atoms with Gasteiger partial charge in [-0.25, -0.2) is 4.79 Å². The standard InChI is InChI=1S/C49H68N4O4.C2HF3O2/c1-46(2,3)37-21-29-17-33-25-39(48(7,8)9)26-34(43(33)56-15-13-50)18-30-22-38(47(4,5)6)24-32(42(30)55)20-36-28-40(49(10,11)12)27-35(19-31(23-37)41(29)54)44(36)57-16-14-53-45(51)52;3-2(4,5)1(6)7/h21-28,54-55H,13-20,50H2,1-12H3,(H4,51,52,53);(H,6,7). The Bertz CT molecular complexity index is 2240. The van der Waals surface area contributed by atoms with Crippen molar-refractivity contribution >= 4 is 11.9 Å². The van der Waals surface area contributed by atoms with Gasteiger partial charge in [-0.05, 0) is 88.4 Å². The Kier molecular flexibility index (Phi) is 15.5. The van der Waals surface area contributed by atoms with E-state index in [1.165, 1.54) is 0 Å². The fourth-order valence-corrected chi connectivity index (χ4v) is 7.50. The third-order valence-corrected chi connectivity index (χ3v) is 11.2. The highest BCUT2D eigenvalue weighted by atomic mass is 19.4. The topological polar surface area (TPSA) is 187 Å². The van der Waals surface area contributed by atoms with E-state index in [-0.39, 0.29) is 52.3 Å². The number of aliphatic carboxylic acids is 1. The molecule has 64 heavy (non-hydrogen) atoms. The molecular weight excluding hydrogens is 822 g/mol. The molecule has 5 rings (SSSR count). The molecule has 0 radical (unpaired) electrons. The SMILES string of the molecule is CC(C)(C)c1cc2c(O)c(c1)Cc1cc(C(C)(C)C)cc(c1OCCN=C(N)N)Cc1cc(C(C)(C)C)cc(c1O)Cc1cc(C(C)(C)C)cc(c1OCCN)C2.O=C(O)C(F)(F)F. The maximum absolute atomic E-state index is 12.4. The van der Waals surface area contributed by atoms with Crippen LogP contribution in [0, 0.1) is 0 Å². The summed E-state index contributed by atoms with van der Waals surface area (Å²) < 4.78 is 45.0. The minimum Gasteiger partial charge on any atom is -0.507 e. The molecule has 0 heterocycles. The van der Waals surface area contributed by atoms with Crippen molar-refractivity contribution in [1.82, 2.24) is 0 Å². The highest BCUT2D eigenvalue weighted by molar-refractivity contribution is 5.75. The van der Waals surface area contributed by atoms with Crippen molar-refractivity contribution in [1.29, 1.82) is 0 Å². The Labute approximate surface area is 377 Å². The van der Waals surface area contributed by atoms with Gasteiger partial charge in [-0.15, -0.1) is 0 Å². The molecule has 350 valence electrons. The molecule has 4 aromatic rings. The summed E-state index contributed by atoms with van der Waals surface area (Å²) in [5.74, 6) is -0.771. The molecule has 0 spiro atoms. The van der Waals surface area contributed by atoms with E-state index in [1.807, 2.05) is 0 Å². The molecule has 0 saturated carbocycles. The lowest BCUT2D eigenvalue weighted by Gasteiger charge is -2.28. The van der Waals surface area contributed by atoms with Gasteiger partial charge >= 0.3 is 12.1 Å². The third-order valence-electron chi connectivity index (χ3n) is 11.2. The molecule has 0 amide bonds. The van der Waals surface area contributed by atoms with Crippen molar-refractivity contribution in [3.63, 3.8) is 0 Å². The first kappa shape index (κ1) is 51.2. The van der Waals surface area contributed by atoms with Crippen LogP contribution in [0.4, 0.5) is 13.2 Å². The van der Waals surface area contributed by atoms with Crippen LogP contribution in [-0.2, 0) is 52.1 Å². The normalized spacial score (nSPS) is 13.4. The van der Waals surface area contributed by atoms with Crippen molar-refractivity contribution in [3.05, 3.63) is 115 Å². The van der Waals surface area contributed by atoms with E-state index >= 15 is 0 Å². The second kappa shape index (κ2) is 19.4. The monoisotopic (exact) mass is 891 g/mol. The van der Waals surface area contributed by atoms with Crippen molar-refractivity contribution in [2.24, 2.45) is 22.2 Å². The second-order valence-electron chi connectivity index (χ2n) is 20.8. The van der Waals surface area contributed by atoms with Crippen molar-refractivity contribution in [2.45, 2.75) is 137 Å². The first-order chi connectivity index (χ1) is 29.3. The van der Waals surface area contributed by atoms with Crippen molar-refractivity contribution < 1.29 is 42.8 Å². The molecule has 0 aromatic heterocycles. The lowest BCUT2D eigenvalue weighted by molar-refractivity contribution is -0.192. The number of nitrogens with zero attached hydrogens (tertiary/aromatic N) is 1. The van der Waals surface area contributed by atoms with Crippen LogP contribution < -0.4 is 26.7 Å². The third kappa shape index (κ3) is 13.1. The summed E-state index contributed by atoms with van der Waals surface area (Å²) in [4.78, 5) is 13.1. The zero-order chi connectivity index (χ0) is 48.3. The predicted octanol–water partition coefficient (Wildman–Crippen LogP) is 9.59. The fourth-order valence-electron chi connectivity index (χ4n) is 7.50. The first-order valence-electron chi connectivity index (χ1n) is 21.7. The van der Waals surface area contributed by atoms with Crippen LogP contribution in [0.15, 0.2) is 53.5 Å². The summed E-state index contributed by atoms with van der Waals surface area (Å²) in [7, 11) is 0. The summed E-state index contributed by atoms with van der Waals surface area (Å²) >= 11 is 0. The summed E-state index contributed by atoms with van der Waals surface area (Å²) in [5.41, 5.74) is 28.3. The summed E-state index contributed by atoms with van der Waals surface area (Å²) in [6.45, 7) is 27.7. The maximum atomic E-state index is 12.4. The fraction of sp³-hybridized carbons (Fsp3) is 0.490. The zero-order valence-corrected chi connectivity index (χ0v) is 39.7. The van der Waals surface area contributed by atoms with Gasteiger partial charge in [0.05, 0.1) is 6.54 Å². The van der Waals surface area contributed by atoms with Crippen LogP contribution in [0.2, 0.25) is 0 Å². The van der Waals surface area contributed by atoms with Gasteiger partial charge in [-0.1, -0.05) is 132 Å². The minimum atomic E-state index is -5.08. The van der Waals surface area contributed by atoms with E-state index in [0.29, 0.717) is 44.6 Å². The van der Waals surface area contributed by atoms with Crippen LogP contribution in [0.5, 0.6) is 23.0 Å². The van der Waals surface area contributed by atoms with Crippen LogP contribution in [0.25, 0.3) is 0 Å². The number of phenolic OH excluding ortho intramolecular Hbond substituents is 2. The number of aliphatic imine (C=N–C) groups is 1. The van der Waals surface area contributed by atoms with Gasteiger partial charge in [0.2, 0.25) is 0 Å². The number of carboxylic acids is 1. The number of aromatic hydroxyl groups is 2. The molecule has 1 aliphatic carbocycles. The Morgan fingerprint density at radius 3 is 1.02 bits per heavy atom. The maximum Gasteiger partial charge on any atom is 0.490 e.